The minimum Gasteiger partial charge on any atom is -0.478 e. The normalized spacial score (nSPS) is 10.5. The number of carboxylic acids is 1. The van der Waals surface area contributed by atoms with Crippen LogP contribution >= 0.6 is 0 Å². The summed E-state index contributed by atoms with van der Waals surface area (Å²) in [6.45, 7) is 2.13. The number of carbonyl (C=O) groups is 1. The summed E-state index contributed by atoms with van der Waals surface area (Å²) in [5.41, 5.74) is 0.277. The summed E-state index contributed by atoms with van der Waals surface area (Å²) in [6.07, 6.45) is 0. The average Bonchev–Trinajstić information content (AvgIpc) is 2.38. The van der Waals surface area contributed by atoms with Crippen LogP contribution in [0.5, 0.6) is 0 Å². The molecule has 0 spiro atoms. The zero-order chi connectivity index (χ0) is 14.3. The molecule has 0 bridgehead atoms. The summed E-state index contributed by atoms with van der Waals surface area (Å²) < 4.78 is 23.6. The molecule has 6 heteroatoms. The number of aromatic carboxylic acids is 1. The molecule has 1 aromatic rings. The summed E-state index contributed by atoms with van der Waals surface area (Å²) >= 11 is 0. The highest BCUT2D eigenvalue weighted by Crippen LogP contribution is 2.18. The Morgan fingerprint density at radius 3 is 2.26 bits per heavy atom. The number of ether oxygens (including phenoxy) is 2. The maximum atomic E-state index is 13.6. The first-order chi connectivity index (χ1) is 9.10. The number of carboxylic acid groups (broad SMARTS) is 1. The molecule has 0 unspecified atom stereocenters. The fourth-order valence-electron chi connectivity index (χ4n) is 1.65. The first kappa shape index (κ1) is 15.4. The topological polar surface area (TPSA) is 59.0 Å². The summed E-state index contributed by atoms with van der Waals surface area (Å²) in [5, 5.41) is 8.78. The number of rotatable bonds is 8. The Morgan fingerprint density at radius 2 is 1.84 bits per heavy atom. The van der Waals surface area contributed by atoms with E-state index in [0.717, 1.165) is 0 Å². The van der Waals surface area contributed by atoms with Gasteiger partial charge < -0.3 is 19.5 Å². The summed E-state index contributed by atoms with van der Waals surface area (Å²) in [6, 6.07) is 4.06. The average molecular weight is 271 g/mol. The van der Waals surface area contributed by atoms with Gasteiger partial charge in [-0.1, -0.05) is 0 Å². The quantitative estimate of drug-likeness (QED) is 0.778. The lowest BCUT2D eigenvalue weighted by Crippen LogP contribution is -2.30. The molecular formula is C13H18FNO4. The lowest BCUT2D eigenvalue weighted by Gasteiger charge is -2.24. The van der Waals surface area contributed by atoms with E-state index in [9.17, 15) is 9.18 Å². The molecule has 0 saturated carbocycles. The molecule has 0 aliphatic rings. The summed E-state index contributed by atoms with van der Waals surface area (Å²) in [4.78, 5) is 12.6. The zero-order valence-electron chi connectivity index (χ0n) is 11.1. The Labute approximate surface area is 111 Å². The van der Waals surface area contributed by atoms with Crippen molar-refractivity contribution in [2.45, 2.75) is 0 Å². The van der Waals surface area contributed by atoms with Gasteiger partial charge in [-0.3, -0.25) is 0 Å². The lowest BCUT2D eigenvalue weighted by molar-refractivity contribution is 0.0692. The number of hydrogen-bond donors (Lipinski definition) is 1. The molecule has 0 aromatic heterocycles. The van der Waals surface area contributed by atoms with Crippen molar-refractivity contribution in [1.82, 2.24) is 0 Å². The van der Waals surface area contributed by atoms with Crippen molar-refractivity contribution >= 4 is 11.7 Å². The molecule has 19 heavy (non-hydrogen) atoms. The van der Waals surface area contributed by atoms with Crippen LogP contribution in [0.2, 0.25) is 0 Å². The van der Waals surface area contributed by atoms with E-state index in [4.69, 9.17) is 14.6 Å². The number of benzene rings is 1. The van der Waals surface area contributed by atoms with Crippen molar-refractivity contribution < 1.29 is 23.8 Å². The van der Waals surface area contributed by atoms with E-state index in [1.807, 2.05) is 4.90 Å². The largest absolute Gasteiger partial charge is 0.478 e. The molecule has 1 N–H and O–H groups in total. The van der Waals surface area contributed by atoms with Gasteiger partial charge in [-0.05, 0) is 18.2 Å². The SMILES string of the molecule is COCCN(CCOC)c1ccc(C(=O)O)c(F)c1. The van der Waals surface area contributed by atoms with Crippen LogP contribution in [0.1, 0.15) is 10.4 Å². The van der Waals surface area contributed by atoms with E-state index in [1.165, 1.54) is 12.1 Å². The van der Waals surface area contributed by atoms with E-state index in [-0.39, 0.29) is 5.56 Å². The van der Waals surface area contributed by atoms with Gasteiger partial charge in [-0.15, -0.1) is 0 Å². The fraction of sp³-hybridized carbons (Fsp3) is 0.462. The van der Waals surface area contributed by atoms with Crippen LogP contribution in [-0.2, 0) is 9.47 Å². The van der Waals surface area contributed by atoms with Crippen molar-refractivity contribution in [3.63, 3.8) is 0 Å². The second kappa shape index (κ2) is 7.70. The first-order valence-electron chi connectivity index (χ1n) is 5.85. The molecule has 1 aromatic carbocycles. The first-order valence-corrected chi connectivity index (χ1v) is 5.85. The Kier molecular flexibility index (Phi) is 6.24. The molecule has 106 valence electrons. The lowest BCUT2D eigenvalue weighted by atomic mass is 10.2. The molecular weight excluding hydrogens is 253 g/mol. The van der Waals surface area contributed by atoms with Crippen molar-refractivity contribution in [3.8, 4) is 0 Å². The third-order valence-electron chi connectivity index (χ3n) is 2.68. The summed E-state index contributed by atoms with van der Waals surface area (Å²) in [7, 11) is 3.17. The molecule has 0 atom stereocenters. The van der Waals surface area contributed by atoms with Gasteiger partial charge >= 0.3 is 5.97 Å². The van der Waals surface area contributed by atoms with E-state index in [2.05, 4.69) is 0 Å². The van der Waals surface area contributed by atoms with Crippen molar-refractivity contribution in [2.24, 2.45) is 0 Å². The van der Waals surface area contributed by atoms with Gasteiger partial charge in [0.1, 0.15) is 5.82 Å². The van der Waals surface area contributed by atoms with Crippen LogP contribution in [0.15, 0.2) is 18.2 Å². The minimum absolute atomic E-state index is 0.331. The van der Waals surface area contributed by atoms with E-state index in [0.29, 0.717) is 32.0 Å². The molecule has 0 amide bonds. The third kappa shape index (κ3) is 4.50. The third-order valence-corrected chi connectivity index (χ3v) is 2.68. The molecule has 0 fully saturated rings. The van der Waals surface area contributed by atoms with Gasteiger partial charge in [0.15, 0.2) is 0 Å². The van der Waals surface area contributed by atoms with Gasteiger partial charge in [0, 0.05) is 33.0 Å². The van der Waals surface area contributed by atoms with Crippen LogP contribution < -0.4 is 4.90 Å². The van der Waals surface area contributed by atoms with E-state index in [1.54, 1.807) is 20.3 Å². The standard InChI is InChI=1S/C13H18FNO4/c1-18-7-5-15(6-8-19-2)10-3-4-11(13(16)17)12(14)9-10/h3-4,9H,5-8H2,1-2H3,(H,16,17). The highest BCUT2D eigenvalue weighted by molar-refractivity contribution is 5.88. The van der Waals surface area contributed by atoms with Crippen molar-refractivity contribution in [1.29, 1.82) is 0 Å². The van der Waals surface area contributed by atoms with Gasteiger partial charge in [0.2, 0.25) is 0 Å². The van der Waals surface area contributed by atoms with Gasteiger partial charge in [0.05, 0.1) is 18.8 Å². The zero-order valence-corrected chi connectivity index (χ0v) is 11.1. The minimum atomic E-state index is -1.27. The maximum absolute atomic E-state index is 13.6. The monoisotopic (exact) mass is 271 g/mol. The van der Waals surface area contributed by atoms with Crippen molar-refractivity contribution in [3.05, 3.63) is 29.6 Å². The van der Waals surface area contributed by atoms with Crippen molar-refractivity contribution in [2.75, 3.05) is 45.4 Å². The molecule has 0 aliphatic carbocycles. The van der Waals surface area contributed by atoms with Crippen LogP contribution in [0.25, 0.3) is 0 Å². The number of anilines is 1. The molecule has 0 radical (unpaired) electrons. The molecule has 0 heterocycles. The molecule has 0 aliphatic heterocycles. The molecule has 1 rings (SSSR count). The smallest absolute Gasteiger partial charge is 0.338 e. The van der Waals surface area contributed by atoms with Gasteiger partial charge in [0.25, 0.3) is 0 Å². The van der Waals surface area contributed by atoms with Crippen LogP contribution in [0.4, 0.5) is 10.1 Å². The molecule has 0 saturated heterocycles. The van der Waals surface area contributed by atoms with Crippen LogP contribution in [0.3, 0.4) is 0 Å². The molecule has 5 nitrogen and oxygen atoms in total. The number of methoxy groups -OCH3 is 2. The Balaban J connectivity index is 2.88. The fourth-order valence-corrected chi connectivity index (χ4v) is 1.65. The van der Waals surface area contributed by atoms with Crippen LogP contribution in [0, 0.1) is 5.82 Å². The Bertz CT molecular complexity index is 417. The van der Waals surface area contributed by atoms with E-state index >= 15 is 0 Å². The number of hydrogen-bond acceptors (Lipinski definition) is 4. The second-order valence-electron chi connectivity index (χ2n) is 3.94. The Hall–Kier alpha value is -1.66. The second-order valence-corrected chi connectivity index (χ2v) is 3.94. The predicted molar refractivity (Wildman–Crippen MR) is 69.3 cm³/mol. The van der Waals surface area contributed by atoms with Gasteiger partial charge in [-0.25, -0.2) is 9.18 Å². The Morgan fingerprint density at radius 1 is 1.26 bits per heavy atom. The number of nitrogens with zero attached hydrogens (tertiary/aromatic N) is 1. The van der Waals surface area contributed by atoms with Gasteiger partial charge in [-0.2, -0.15) is 0 Å². The highest BCUT2D eigenvalue weighted by Gasteiger charge is 2.13. The van der Waals surface area contributed by atoms with Crippen LogP contribution in [-0.4, -0.2) is 51.6 Å². The summed E-state index contributed by atoms with van der Waals surface area (Å²) in [5.74, 6) is -2.02. The maximum Gasteiger partial charge on any atom is 0.338 e. The predicted octanol–water partition coefficient (Wildman–Crippen LogP) is 1.62. The van der Waals surface area contributed by atoms with E-state index < -0.39 is 11.8 Å². The highest BCUT2D eigenvalue weighted by atomic mass is 19.1. The number of halogens is 1.